The number of aromatic nitrogens is 1. The van der Waals surface area contributed by atoms with Crippen LogP contribution in [0.5, 0.6) is 0 Å². The summed E-state index contributed by atoms with van der Waals surface area (Å²) in [5.41, 5.74) is 3.85. The lowest BCUT2D eigenvalue weighted by Gasteiger charge is -2.23. The van der Waals surface area contributed by atoms with Gasteiger partial charge in [0.15, 0.2) is 0 Å². The van der Waals surface area contributed by atoms with Gasteiger partial charge in [0.05, 0.1) is 16.8 Å². The van der Waals surface area contributed by atoms with E-state index in [9.17, 15) is 4.79 Å². The number of pyridine rings is 1. The second kappa shape index (κ2) is 6.93. The van der Waals surface area contributed by atoms with Crippen molar-refractivity contribution in [3.05, 3.63) is 83.6 Å². The van der Waals surface area contributed by atoms with Crippen molar-refractivity contribution in [3.8, 4) is 6.07 Å². The highest BCUT2D eigenvalue weighted by atomic mass is 16.1. The number of nitrogens with zero attached hydrogens (tertiary/aromatic N) is 3. The molecule has 1 aromatic heterocycles. The Morgan fingerprint density at radius 2 is 1.93 bits per heavy atom. The zero-order chi connectivity index (χ0) is 18.8. The van der Waals surface area contributed by atoms with Gasteiger partial charge in [0.2, 0.25) is 0 Å². The molecule has 1 aliphatic heterocycles. The largest absolute Gasteiger partial charge is 0.323 e. The minimum Gasteiger partial charge on any atom is -0.323 e. The fraction of sp³-hybridized carbons (Fsp3) is 0.136. The minimum absolute atomic E-state index is 0.286. The first-order valence-electron chi connectivity index (χ1n) is 8.81. The normalized spacial score (nSPS) is 15.1. The van der Waals surface area contributed by atoms with Crippen LogP contribution in [0.25, 0.3) is 0 Å². The molecule has 0 spiro atoms. The molecule has 0 saturated heterocycles. The van der Waals surface area contributed by atoms with E-state index in [1.165, 1.54) is 5.56 Å². The Labute approximate surface area is 157 Å². The van der Waals surface area contributed by atoms with Gasteiger partial charge in [0, 0.05) is 17.9 Å². The third-order valence-electron chi connectivity index (χ3n) is 4.76. The van der Waals surface area contributed by atoms with Gasteiger partial charge in [0.25, 0.3) is 5.91 Å². The zero-order valence-corrected chi connectivity index (χ0v) is 14.9. The lowest BCUT2D eigenvalue weighted by Crippen LogP contribution is -2.25. The summed E-state index contributed by atoms with van der Waals surface area (Å²) in [6.45, 7) is 2.17. The lowest BCUT2D eigenvalue weighted by atomic mass is 10.1. The molecule has 3 aromatic rings. The molecule has 1 amide bonds. The first-order chi connectivity index (χ1) is 13.2. The Morgan fingerprint density at radius 3 is 2.70 bits per heavy atom. The van der Waals surface area contributed by atoms with Crippen LogP contribution in [0.1, 0.15) is 28.4 Å². The first-order valence-corrected chi connectivity index (χ1v) is 8.81. The molecule has 5 nitrogen and oxygen atoms in total. The van der Waals surface area contributed by atoms with Crippen LogP contribution in [0.2, 0.25) is 0 Å². The molecule has 0 aliphatic carbocycles. The third-order valence-corrected chi connectivity index (χ3v) is 4.76. The summed E-state index contributed by atoms with van der Waals surface area (Å²) in [4.78, 5) is 19.2. The fourth-order valence-corrected chi connectivity index (χ4v) is 3.46. The number of hydrogen-bond acceptors (Lipinski definition) is 4. The standard InChI is InChI=1S/C22H18N4O/c1-15-12-16-6-3-5-9-20(16)26(15)21-11-10-18(14-24-21)22(27)25-19-8-4-2-7-17(19)13-23/h2-11,14-15H,12H2,1H3,(H,25,27). The van der Waals surface area contributed by atoms with Crippen molar-refractivity contribution >= 4 is 23.1 Å². The number of amides is 1. The molecule has 4 rings (SSSR count). The smallest absolute Gasteiger partial charge is 0.257 e. The molecule has 1 aliphatic rings. The van der Waals surface area contributed by atoms with Crippen LogP contribution in [-0.4, -0.2) is 16.9 Å². The number of fused-ring (bicyclic) bond motifs is 1. The van der Waals surface area contributed by atoms with Gasteiger partial charge in [-0.15, -0.1) is 0 Å². The summed E-state index contributed by atoms with van der Waals surface area (Å²) in [7, 11) is 0. The van der Waals surface area contributed by atoms with Gasteiger partial charge < -0.3 is 10.2 Å². The van der Waals surface area contributed by atoms with Gasteiger partial charge in [-0.05, 0) is 49.2 Å². The van der Waals surface area contributed by atoms with Gasteiger partial charge in [0.1, 0.15) is 11.9 Å². The van der Waals surface area contributed by atoms with Crippen LogP contribution >= 0.6 is 0 Å². The number of benzene rings is 2. The number of nitriles is 1. The lowest BCUT2D eigenvalue weighted by molar-refractivity contribution is 0.102. The number of rotatable bonds is 3. The molecule has 5 heteroatoms. The number of para-hydroxylation sites is 2. The Bertz CT molecular complexity index is 1040. The van der Waals surface area contributed by atoms with Crippen LogP contribution < -0.4 is 10.2 Å². The number of carbonyl (C=O) groups is 1. The van der Waals surface area contributed by atoms with Gasteiger partial charge in [-0.25, -0.2) is 4.98 Å². The van der Waals surface area contributed by atoms with E-state index in [0.717, 1.165) is 17.9 Å². The molecule has 0 bridgehead atoms. The van der Waals surface area contributed by atoms with E-state index in [2.05, 4.69) is 46.4 Å². The van der Waals surface area contributed by atoms with Crippen molar-refractivity contribution in [1.82, 2.24) is 4.98 Å². The maximum atomic E-state index is 12.5. The molecule has 0 saturated carbocycles. The average Bonchev–Trinajstić information content (AvgIpc) is 3.04. The number of carbonyl (C=O) groups excluding carboxylic acids is 1. The highest BCUT2D eigenvalue weighted by Crippen LogP contribution is 2.36. The van der Waals surface area contributed by atoms with E-state index < -0.39 is 0 Å². The fourth-order valence-electron chi connectivity index (χ4n) is 3.46. The molecule has 1 N–H and O–H groups in total. The molecular formula is C22H18N4O. The maximum absolute atomic E-state index is 12.5. The van der Waals surface area contributed by atoms with Crippen molar-refractivity contribution in [2.75, 3.05) is 10.2 Å². The summed E-state index contributed by atoms with van der Waals surface area (Å²) in [5, 5.41) is 11.9. The van der Waals surface area contributed by atoms with E-state index in [4.69, 9.17) is 5.26 Å². The van der Waals surface area contributed by atoms with Crippen LogP contribution in [0.4, 0.5) is 17.2 Å². The van der Waals surface area contributed by atoms with Crippen molar-refractivity contribution in [1.29, 1.82) is 5.26 Å². The zero-order valence-electron chi connectivity index (χ0n) is 14.9. The summed E-state index contributed by atoms with van der Waals surface area (Å²) in [5.74, 6) is 0.535. The molecule has 0 radical (unpaired) electrons. The Kier molecular flexibility index (Phi) is 4.31. The molecule has 27 heavy (non-hydrogen) atoms. The molecule has 2 heterocycles. The van der Waals surface area contributed by atoms with Crippen LogP contribution in [-0.2, 0) is 6.42 Å². The predicted molar refractivity (Wildman–Crippen MR) is 105 cm³/mol. The summed E-state index contributed by atoms with van der Waals surface area (Å²) >= 11 is 0. The second-order valence-corrected chi connectivity index (χ2v) is 6.57. The van der Waals surface area contributed by atoms with Gasteiger partial charge in [-0.1, -0.05) is 30.3 Å². The van der Waals surface area contributed by atoms with Crippen molar-refractivity contribution in [2.24, 2.45) is 0 Å². The Hall–Kier alpha value is -3.65. The quantitative estimate of drug-likeness (QED) is 0.762. The molecular weight excluding hydrogens is 336 g/mol. The van der Waals surface area contributed by atoms with Crippen LogP contribution in [0.3, 0.4) is 0 Å². The second-order valence-electron chi connectivity index (χ2n) is 6.57. The predicted octanol–water partition coefficient (Wildman–Crippen LogP) is 4.29. The highest BCUT2D eigenvalue weighted by Gasteiger charge is 2.27. The molecule has 0 fully saturated rings. The van der Waals surface area contributed by atoms with Gasteiger partial charge in [-0.2, -0.15) is 5.26 Å². The molecule has 2 aromatic carbocycles. The van der Waals surface area contributed by atoms with E-state index in [1.807, 2.05) is 12.1 Å². The Morgan fingerprint density at radius 1 is 1.15 bits per heavy atom. The van der Waals surface area contributed by atoms with Gasteiger partial charge >= 0.3 is 0 Å². The average molecular weight is 354 g/mol. The number of anilines is 3. The Balaban J connectivity index is 1.56. The molecule has 132 valence electrons. The summed E-state index contributed by atoms with van der Waals surface area (Å²) < 4.78 is 0. The topological polar surface area (TPSA) is 69.0 Å². The molecule has 1 atom stereocenters. The third kappa shape index (κ3) is 3.13. The molecule has 1 unspecified atom stereocenters. The SMILES string of the molecule is CC1Cc2ccccc2N1c1ccc(C(=O)Nc2ccccc2C#N)cn1. The van der Waals surface area contributed by atoms with Gasteiger partial charge in [-0.3, -0.25) is 4.79 Å². The van der Waals surface area contributed by atoms with E-state index in [-0.39, 0.29) is 5.91 Å². The van der Waals surface area contributed by atoms with E-state index in [0.29, 0.717) is 22.9 Å². The minimum atomic E-state index is -0.286. The van der Waals surface area contributed by atoms with E-state index >= 15 is 0 Å². The summed E-state index contributed by atoms with van der Waals surface area (Å²) in [6.07, 6.45) is 2.55. The van der Waals surface area contributed by atoms with Crippen LogP contribution in [0, 0.1) is 11.3 Å². The maximum Gasteiger partial charge on any atom is 0.257 e. The number of hydrogen-bond donors (Lipinski definition) is 1. The summed E-state index contributed by atoms with van der Waals surface area (Å²) in [6, 6.07) is 21.3. The monoisotopic (exact) mass is 354 g/mol. The number of nitrogens with one attached hydrogen (secondary N) is 1. The van der Waals surface area contributed by atoms with Crippen molar-refractivity contribution in [3.63, 3.8) is 0 Å². The first kappa shape index (κ1) is 16.8. The van der Waals surface area contributed by atoms with Crippen molar-refractivity contribution in [2.45, 2.75) is 19.4 Å². The van der Waals surface area contributed by atoms with Crippen LogP contribution in [0.15, 0.2) is 66.9 Å². The van der Waals surface area contributed by atoms with E-state index in [1.54, 1.807) is 36.5 Å². The van der Waals surface area contributed by atoms with Crippen molar-refractivity contribution < 1.29 is 4.79 Å². The highest BCUT2D eigenvalue weighted by molar-refractivity contribution is 6.04.